The molecule has 0 unspecified atom stereocenters. The average Bonchev–Trinajstić information content (AvgIpc) is 3.32. The number of aryl methyl sites for hydroxylation is 1. The van der Waals surface area contributed by atoms with Crippen molar-refractivity contribution in [2.24, 2.45) is 5.73 Å². The van der Waals surface area contributed by atoms with Gasteiger partial charge in [-0.15, -0.1) is 11.3 Å². The smallest absolute Gasteiger partial charge is 0.237 e. The first-order valence-electron chi connectivity index (χ1n) is 9.91. The molecule has 5 N–H and O–H groups in total. The molecule has 0 bridgehead atoms. The van der Waals surface area contributed by atoms with E-state index in [0.717, 1.165) is 50.1 Å². The Morgan fingerprint density at radius 2 is 2.30 bits per heavy atom. The molecular weight excluding hydrogens is 360 g/mol. The Morgan fingerprint density at radius 1 is 1.44 bits per heavy atom. The number of allylic oxidation sites excluding steroid dienone is 1. The first kappa shape index (κ1) is 20.2. The third-order valence-electron chi connectivity index (χ3n) is 5.08. The summed E-state index contributed by atoms with van der Waals surface area (Å²) in [6.45, 7) is 3.47. The summed E-state index contributed by atoms with van der Waals surface area (Å²) in [4.78, 5) is 27.6. The number of hydrogen-bond acceptors (Lipinski definition) is 6. The van der Waals surface area contributed by atoms with Crippen LogP contribution in [0.2, 0.25) is 0 Å². The molecule has 2 heterocycles. The van der Waals surface area contributed by atoms with Gasteiger partial charge in [-0.25, -0.2) is 0 Å². The van der Waals surface area contributed by atoms with Gasteiger partial charge in [-0.1, -0.05) is 6.08 Å². The minimum atomic E-state index is -0.487. The predicted octanol–water partition coefficient (Wildman–Crippen LogP) is 1.80. The highest BCUT2D eigenvalue weighted by Crippen LogP contribution is 2.29. The summed E-state index contributed by atoms with van der Waals surface area (Å²) in [5, 5.41) is 9.37. The van der Waals surface area contributed by atoms with E-state index in [1.54, 1.807) is 0 Å². The highest BCUT2D eigenvalue weighted by Gasteiger charge is 2.29. The van der Waals surface area contributed by atoms with E-state index in [1.807, 2.05) is 13.0 Å². The van der Waals surface area contributed by atoms with Gasteiger partial charge >= 0.3 is 0 Å². The number of fused-ring (bicyclic) bond motifs is 1. The van der Waals surface area contributed by atoms with E-state index >= 15 is 0 Å². The Balaban J connectivity index is 1.67. The Hall–Kier alpha value is -1.54. The predicted molar refractivity (Wildman–Crippen MR) is 110 cm³/mol. The summed E-state index contributed by atoms with van der Waals surface area (Å²) < 4.78 is 0. The van der Waals surface area contributed by atoms with Gasteiger partial charge in [0.1, 0.15) is 0 Å². The number of carbonyl (C=O) groups excluding carboxylic acids is 2. The number of thiophene rings is 1. The van der Waals surface area contributed by atoms with E-state index in [0.29, 0.717) is 6.42 Å². The SMILES string of the molecule is C[C@H](N)NCCC[C@H](NC(=O)[C@@H]1CCCN1)C(=O)c1cc2c(s1)C=CCC2. The summed E-state index contributed by atoms with van der Waals surface area (Å²) in [5.74, 6) is -0.0397. The van der Waals surface area contributed by atoms with Crippen molar-refractivity contribution in [1.82, 2.24) is 16.0 Å². The van der Waals surface area contributed by atoms with Gasteiger partial charge in [-0.2, -0.15) is 0 Å². The third kappa shape index (κ3) is 5.48. The number of Topliss-reactive ketones (excluding diaryl/α,β-unsaturated/α-hetero) is 1. The van der Waals surface area contributed by atoms with E-state index in [-0.39, 0.29) is 23.9 Å². The lowest BCUT2D eigenvalue weighted by Gasteiger charge is -2.20. The molecule has 0 saturated carbocycles. The maximum atomic E-state index is 13.1. The fraction of sp³-hybridized carbons (Fsp3) is 0.600. The Labute approximate surface area is 165 Å². The van der Waals surface area contributed by atoms with Crippen LogP contribution in [0, 0.1) is 0 Å². The number of ketones is 1. The second kappa shape index (κ2) is 9.59. The van der Waals surface area contributed by atoms with Crippen LogP contribution in [0.5, 0.6) is 0 Å². The summed E-state index contributed by atoms with van der Waals surface area (Å²) in [5.41, 5.74) is 6.96. The zero-order valence-corrected chi connectivity index (χ0v) is 16.7. The van der Waals surface area contributed by atoms with Crippen molar-refractivity contribution in [3.8, 4) is 0 Å². The van der Waals surface area contributed by atoms with Gasteiger partial charge in [0, 0.05) is 4.88 Å². The second-order valence-electron chi connectivity index (χ2n) is 7.40. The molecule has 0 aromatic carbocycles. The summed E-state index contributed by atoms with van der Waals surface area (Å²) in [6, 6.07) is 1.35. The molecule has 0 spiro atoms. The lowest BCUT2D eigenvalue weighted by molar-refractivity contribution is -0.123. The van der Waals surface area contributed by atoms with Crippen molar-refractivity contribution in [2.45, 2.75) is 63.7 Å². The standard InChI is InChI=1S/C20H30N4O2S/c1-13(21)22-10-4-7-15(24-20(26)16-8-5-11-23-16)19(25)18-12-14-6-2-3-9-17(14)27-18/h3,9,12-13,15-16,22-23H,2,4-8,10-11,21H2,1H3,(H,24,26)/t13-,15+,16+/m1/s1. The molecule has 1 aliphatic carbocycles. The van der Waals surface area contributed by atoms with Crippen LogP contribution in [-0.2, 0) is 11.2 Å². The molecule has 7 heteroatoms. The summed E-state index contributed by atoms with van der Waals surface area (Å²) in [7, 11) is 0. The lowest BCUT2D eigenvalue weighted by atomic mass is 10.0. The molecule has 1 aliphatic heterocycles. The third-order valence-corrected chi connectivity index (χ3v) is 6.24. The van der Waals surface area contributed by atoms with E-state index < -0.39 is 6.04 Å². The minimum absolute atomic E-state index is 0.0231. The molecule has 3 rings (SSSR count). The maximum absolute atomic E-state index is 13.1. The fourth-order valence-corrected chi connectivity index (χ4v) is 4.72. The molecule has 1 aromatic rings. The normalized spacial score (nSPS) is 20.9. The van der Waals surface area contributed by atoms with E-state index in [2.05, 4.69) is 28.1 Å². The molecule has 148 valence electrons. The van der Waals surface area contributed by atoms with Crippen molar-refractivity contribution >= 4 is 29.1 Å². The van der Waals surface area contributed by atoms with Gasteiger partial charge in [-0.3, -0.25) is 9.59 Å². The summed E-state index contributed by atoms with van der Waals surface area (Å²) in [6.07, 6.45) is 9.39. The first-order chi connectivity index (χ1) is 13.0. The van der Waals surface area contributed by atoms with Crippen molar-refractivity contribution in [1.29, 1.82) is 0 Å². The van der Waals surface area contributed by atoms with Gasteiger partial charge in [0.15, 0.2) is 5.78 Å². The van der Waals surface area contributed by atoms with Gasteiger partial charge < -0.3 is 21.7 Å². The molecule has 1 fully saturated rings. The number of amides is 1. The molecular formula is C20H30N4O2S. The van der Waals surface area contributed by atoms with Gasteiger partial charge in [0.05, 0.1) is 23.1 Å². The van der Waals surface area contributed by atoms with Crippen LogP contribution in [0.15, 0.2) is 12.1 Å². The zero-order chi connectivity index (χ0) is 19.2. The number of hydrogen-bond donors (Lipinski definition) is 4. The van der Waals surface area contributed by atoms with Crippen LogP contribution >= 0.6 is 11.3 Å². The molecule has 6 nitrogen and oxygen atoms in total. The molecule has 1 aromatic heterocycles. The van der Waals surface area contributed by atoms with Crippen molar-refractivity contribution in [3.63, 3.8) is 0 Å². The maximum Gasteiger partial charge on any atom is 0.237 e. The minimum Gasteiger partial charge on any atom is -0.345 e. The Bertz CT molecular complexity index is 692. The van der Waals surface area contributed by atoms with Crippen molar-refractivity contribution in [3.05, 3.63) is 27.5 Å². The highest BCUT2D eigenvalue weighted by atomic mass is 32.1. The monoisotopic (exact) mass is 390 g/mol. The van der Waals surface area contributed by atoms with Crippen molar-refractivity contribution < 1.29 is 9.59 Å². The van der Waals surface area contributed by atoms with Gasteiger partial charge in [0.25, 0.3) is 0 Å². The quantitative estimate of drug-likeness (QED) is 0.293. The second-order valence-corrected chi connectivity index (χ2v) is 8.48. The van der Waals surface area contributed by atoms with Crippen LogP contribution in [0.1, 0.15) is 59.1 Å². The summed E-state index contributed by atoms with van der Waals surface area (Å²) >= 11 is 1.54. The van der Waals surface area contributed by atoms with Crippen LogP contribution < -0.4 is 21.7 Å². The Kier molecular flexibility index (Phi) is 7.18. The van der Waals surface area contributed by atoms with E-state index in [1.165, 1.54) is 21.8 Å². The number of rotatable bonds is 9. The first-order valence-corrected chi connectivity index (χ1v) is 10.7. The van der Waals surface area contributed by atoms with E-state index in [9.17, 15) is 9.59 Å². The molecule has 1 amide bonds. The lowest BCUT2D eigenvalue weighted by Crippen LogP contribution is -2.48. The molecule has 0 radical (unpaired) electrons. The van der Waals surface area contributed by atoms with Crippen LogP contribution in [0.25, 0.3) is 6.08 Å². The van der Waals surface area contributed by atoms with E-state index in [4.69, 9.17) is 5.73 Å². The topological polar surface area (TPSA) is 96.2 Å². The van der Waals surface area contributed by atoms with Gasteiger partial charge in [-0.05, 0) is 76.2 Å². The average molecular weight is 391 g/mol. The van der Waals surface area contributed by atoms with Crippen LogP contribution in [0.4, 0.5) is 0 Å². The number of carbonyl (C=O) groups is 2. The highest BCUT2D eigenvalue weighted by molar-refractivity contribution is 7.15. The number of nitrogens with two attached hydrogens (primary N) is 1. The Morgan fingerprint density at radius 3 is 3.00 bits per heavy atom. The largest absolute Gasteiger partial charge is 0.345 e. The van der Waals surface area contributed by atoms with Crippen molar-refractivity contribution in [2.75, 3.05) is 13.1 Å². The van der Waals surface area contributed by atoms with Gasteiger partial charge in [0.2, 0.25) is 5.91 Å². The molecule has 2 aliphatic rings. The fourth-order valence-electron chi connectivity index (χ4n) is 3.59. The molecule has 3 atom stereocenters. The molecule has 27 heavy (non-hydrogen) atoms. The number of nitrogens with one attached hydrogen (secondary N) is 3. The van der Waals surface area contributed by atoms with Crippen LogP contribution in [0.3, 0.4) is 0 Å². The molecule has 1 saturated heterocycles. The zero-order valence-electron chi connectivity index (χ0n) is 15.9. The van der Waals surface area contributed by atoms with Crippen LogP contribution in [-0.4, -0.2) is 43.0 Å².